The van der Waals surface area contributed by atoms with Crippen LogP contribution in [0.4, 0.5) is 13.2 Å². The second kappa shape index (κ2) is 9.76. The number of carbonyl (C=O) groups is 2. The monoisotopic (exact) mass is 524 g/mol. The molecule has 204 valence electrons. The number of halogens is 3. The summed E-state index contributed by atoms with van der Waals surface area (Å²) in [6, 6.07) is 3.40. The predicted molar refractivity (Wildman–Crippen MR) is 128 cm³/mol. The van der Waals surface area contributed by atoms with E-state index in [9.17, 15) is 27.9 Å². The Morgan fingerprint density at radius 2 is 1.92 bits per heavy atom. The van der Waals surface area contributed by atoms with E-state index in [2.05, 4.69) is 18.7 Å². The van der Waals surface area contributed by atoms with Gasteiger partial charge in [-0.1, -0.05) is 13.8 Å². The number of aliphatic carboxylic acids is 1. The Kier molecular flexibility index (Phi) is 6.94. The highest BCUT2D eigenvalue weighted by Gasteiger charge is 2.56. The molecule has 0 radical (unpaired) electrons. The minimum atomic E-state index is -4.47. The third-order valence-electron chi connectivity index (χ3n) is 8.78. The van der Waals surface area contributed by atoms with Gasteiger partial charge in [-0.3, -0.25) is 14.5 Å². The van der Waals surface area contributed by atoms with Gasteiger partial charge in [-0.2, -0.15) is 13.2 Å². The van der Waals surface area contributed by atoms with Crippen LogP contribution in [-0.2, 0) is 27.0 Å². The molecule has 1 aliphatic carbocycles. The van der Waals surface area contributed by atoms with Crippen LogP contribution in [0, 0.1) is 23.7 Å². The molecule has 1 amide bonds. The molecule has 3 heterocycles. The third kappa shape index (κ3) is 5.06. The van der Waals surface area contributed by atoms with E-state index in [1.807, 2.05) is 0 Å². The van der Waals surface area contributed by atoms with Crippen LogP contribution < -0.4 is 4.74 Å². The highest BCUT2D eigenvalue weighted by Crippen LogP contribution is 2.49. The highest BCUT2D eigenvalue weighted by atomic mass is 19.4. The summed E-state index contributed by atoms with van der Waals surface area (Å²) in [5.41, 5.74) is -1.43. The number of ether oxygens (including phenoxy) is 2. The minimum absolute atomic E-state index is 0.0263. The Morgan fingerprint density at radius 1 is 1.16 bits per heavy atom. The van der Waals surface area contributed by atoms with Crippen molar-refractivity contribution in [2.45, 2.75) is 70.3 Å². The Bertz CT molecular complexity index is 1030. The summed E-state index contributed by atoms with van der Waals surface area (Å²) in [6.45, 7) is 5.79. The molecule has 10 heteroatoms. The number of carboxylic acids is 1. The van der Waals surface area contributed by atoms with Gasteiger partial charge in [0.05, 0.1) is 24.6 Å². The summed E-state index contributed by atoms with van der Waals surface area (Å²) in [4.78, 5) is 29.4. The van der Waals surface area contributed by atoms with Gasteiger partial charge in [0.25, 0.3) is 5.91 Å². The number of alkyl halides is 3. The molecule has 2 saturated heterocycles. The lowest BCUT2D eigenvalue weighted by molar-refractivity contribution is -0.181. The van der Waals surface area contributed by atoms with Crippen molar-refractivity contribution in [2.24, 2.45) is 23.7 Å². The first-order chi connectivity index (χ1) is 17.5. The Balaban J connectivity index is 1.27. The van der Waals surface area contributed by atoms with Crippen molar-refractivity contribution in [3.05, 3.63) is 29.3 Å². The van der Waals surface area contributed by atoms with Crippen LogP contribution in [-0.4, -0.2) is 64.9 Å². The molecule has 3 fully saturated rings. The molecule has 4 aliphatic rings. The van der Waals surface area contributed by atoms with E-state index in [1.54, 1.807) is 0 Å². The molecule has 0 spiro atoms. The molecule has 0 bridgehead atoms. The van der Waals surface area contributed by atoms with Gasteiger partial charge < -0.3 is 19.5 Å². The summed E-state index contributed by atoms with van der Waals surface area (Å²) < 4.78 is 51.7. The second-order valence-corrected chi connectivity index (χ2v) is 11.4. The van der Waals surface area contributed by atoms with Gasteiger partial charge in [0, 0.05) is 18.2 Å². The fourth-order valence-corrected chi connectivity index (χ4v) is 6.49. The smallest absolute Gasteiger partial charge is 0.416 e. The molecule has 1 aromatic rings. The number of rotatable bonds is 5. The summed E-state index contributed by atoms with van der Waals surface area (Å²) in [5.74, 6) is -0.514. The summed E-state index contributed by atoms with van der Waals surface area (Å²) in [7, 11) is 0. The van der Waals surface area contributed by atoms with Gasteiger partial charge in [-0.25, -0.2) is 0 Å². The number of piperidine rings is 1. The number of hydrogen-bond donors (Lipinski definition) is 1. The van der Waals surface area contributed by atoms with Gasteiger partial charge in [-0.05, 0) is 74.6 Å². The summed E-state index contributed by atoms with van der Waals surface area (Å²) >= 11 is 0. The third-order valence-corrected chi connectivity index (χ3v) is 8.78. The minimum Gasteiger partial charge on any atom is -0.481 e. The Labute approximate surface area is 214 Å². The lowest BCUT2D eigenvalue weighted by Crippen LogP contribution is -2.59. The van der Waals surface area contributed by atoms with Crippen LogP contribution in [0.3, 0.4) is 0 Å². The molecule has 0 aromatic heterocycles. The SMILES string of the molecule is CC(C)[C@H]1CCN([C@@H]2CC[C@@](C(=O)N3COc4ccc(C(F)(F)F)cc4C3)(C3CC3)OC2)CC1C(=O)O. The van der Waals surface area contributed by atoms with Crippen molar-refractivity contribution < 1.29 is 37.3 Å². The number of hydrogen-bond acceptors (Lipinski definition) is 5. The molecule has 5 rings (SSSR count). The molecule has 1 saturated carbocycles. The number of amides is 1. The van der Waals surface area contributed by atoms with Crippen molar-refractivity contribution in [3.63, 3.8) is 0 Å². The number of likely N-dealkylation sites (tertiary alicyclic amines) is 1. The van der Waals surface area contributed by atoms with E-state index in [1.165, 1.54) is 11.0 Å². The van der Waals surface area contributed by atoms with Crippen molar-refractivity contribution in [3.8, 4) is 5.75 Å². The fourth-order valence-electron chi connectivity index (χ4n) is 6.49. The second-order valence-electron chi connectivity index (χ2n) is 11.4. The maximum atomic E-state index is 13.8. The normalized spacial score (nSPS) is 31.1. The summed E-state index contributed by atoms with van der Waals surface area (Å²) in [6.07, 6.45) is -0.676. The first-order valence-corrected chi connectivity index (χ1v) is 13.2. The van der Waals surface area contributed by atoms with Gasteiger partial charge in [-0.15, -0.1) is 0 Å². The quantitative estimate of drug-likeness (QED) is 0.616. The van der Waals surface area contributed by atoms with E-state index in [0.29, 0.717) is 43.2 Å². The van der Waals surface area contributed by atoms with Gasteiger partial charge in [0.1, 0.15) is 11.4 Å². The molecule has 7 nitrogen and oxygen atoms in total. The van der Waals surface area contributed by atoms with Crippen LogP contribution in [0.25, 0.3) is 0 Å². The van der Waals surface area contributed by atoms with Crippen molar-refractivity contribution >= 4 is 11.9 Å². The van der Waals surface area contributed by atoms with Gasteiger partial charge >= 0.3 is 12.1 Å². The van der Waals surface area contributed by atoms with Crippen LogP contribution in [0.2, 0.25) is 0 Å². The first kappa shape index (κ1) is 26.3. The average molecular weight is 525 g/mol. The molecule has 1 aromatic carbocycles. The van der Waals surface area contributed by atoms with Crippen LogP contribution in [0.15, 0.2) is 18.2 Å². The zero-order chi connectivity index (χ0) is 26.5. The number of carbonyl (C=O) groups excluding carboxylic acids is 1. The topological polar surface area (TPSA) is 79.3 Å². The van der Waals surface area contributed by atoms with Crippen LogP contribution >= 0.6 is 0 Å². The van der Waals surface area contributed by atoms with E-state index in [-0.39, 0.29) is 37.1 Å². The molecular formula is C27H35F3N2O5. The molecule has 1 N–H and O–H groups in total. The maximum absolute atomic E-state index is 13.8. The number of carboxylic acid groups (broad SMARTS) is 1. The largest absolute Gasteiger partial charge is 0.481 e. The lowest BCUT2D eigenvalue weighted by atomic mass is 9.77. The predicted octanol–water partition coefficient (Wildman–Crippen LogP) is 4.39. The van der Waals surface area contributed by atoms with Crippen molar-refractivity contribution in [2.75, 3.05) is 26.4 Å². The molecule has 37 heavy (non-hydrogen) atoms. The molecule has 3 aliphatic heterocycles. The van der Waals surface area contributed by atoms with Crippen molar-refractivity contribution in [1.82, 2.24) is 9.80 Å². The average Bonchev–Trinajstić information content (AvgIpc) is 3.73. The van der Waals surface area contributed by atoms with E-state index < -0.39 is 29.2 Å². The Hall–Kier alpha value is -2.33. The van der Waals surface area contributed by atoms with Gasteiger partial charge in [0.15, 0.2) is 6.73 Å². The van der Waals surface area contributed by atoms with E-state index >= 15 is 0 Å². The van der Waals surface area contributed by atoms with Gasteiger partial charge in [0.2, 0.25) is 0 Å². The zero-order valence-electron chi connectivity index (χ0n) is 21.3. The zero-order valence-corrected chi connectivity index (χ0v) is 21.3. The Morgan fingerprint density at radius 3 is 2.51 bits per heavy atom. The highest BCUT2D eigenvalue weighted by molar-refractivity contribution is 5.86. The first-order valence-electron chi connectivity index (χ1n) is 13.2. The van der Waals surface area contributed by atoms with Crippen LogP contribution in [0.1, 0.15) is 57.1 Å². The molecule has 1 unspecified atom stereocenters. The fraction of sp³-hybridized carbons (Fsp3) is 0.704. The standard InChI is InChI=1S/C27H35F3N2O5/c1-16(2)21-8-10-31(13-22(21)24(33)34)20-7-9-26(37-14-20,18-3-4-18)25(35)32-12-17-11-19(27(28,29)30)5-6-23(17)36-15-32/h5-6,11,16,18,20-22H,3-4,7-10,12-15H2,1-2H3,(H,33,34)/t20-,21-,22?,26+/m1/s1. The molecular weight excluding hydrogens is 489 g/mol. The van der Waals surface area contributed by atoms with E-state index in [0.717, 1.165) is 37.9 Å². The maximum Gasteiger partial charge on any atom is 0.416 e. The lowest BCUT2D eigenvalue weighted by Gasteiger charge is -2.47. The van der Waals surface area contributed by atoms with Crippen LogP contribution in [0.5, 0.6) is 5.75 Å². The van der Waals surface area contributed by atoms with E-state index in [4.69, 9.17) is 9.47 Å². The van der Waals surface area contributed by atoms with Crippen molar-refractivity contribution in [1.29, 1.82) is 0 Å². The number of fused-ring (bicyclic) bond motifs is 1. The number of benzene rings is 1. The number of nitrogens with zero attached hydrogens (tertiary/aromatic N) is 2. The summed E-state index contributed by atoms with van der Waals surface area (Å²) in [5, 5.41) is 9.80. The molecule has 4 atom stereocenters.